The van der Waals surface area contributed by atoms with Gasteiger partial charge in [-0.15, -0.1) is 0 Å². The van der Waals surface area contributed by atoms with Crippen molar-refractivity contribution in [1.82, 2.24) is 0 Å². The van der Waals surface area contributed by atoms with Crippen molar-refractivity contribution in [3.05, 3.63) is 23.8 Å². The monoisotopic (exact) mass is 272 g/mol. The van der Waals surface area contributed by atoms with Gasteiger partial charge < -0.3 is 14.6 Å². The van der Waals surface area contributed by atoms with Crippen molar-refractivity contribution in [2.75, 3.05) is 13.7 Å². The first-order valence-corrected chi connectivity index (χ1v) is 6.44. The first-order chi connectivity index (χ1) is 9.13. The Morgan fingerprint density at radius 1 is 1.21 bits per heavy atom. The number of hydrogen-bond acceptors (Lipinski definition) is 3. The lowest BCUT2D eigenvalue weighted by molar-refractivity contribution is 0.0899. The summed E-state index contributed by atoms with van der Waals surface area (Å²) in [5.41, 5.74) is 0. The van der Waals surface area contributed by atoms with Gasteiger partial charge in [0.25, 0.3) is 0 Å². The Bertz CT molecular complexity index is 437. The molecule has 3 nitrogen and oxygen atoms in total. The van der Waals surface area contributed by atoms with Crippen LogP contribution in [0.4, 0.5) is 8.78 Å². The van der Waals surface area contributed by atoms with Crippen molar-refractivity contribution in [1.29, 1.82) is 0 Å². The maximum Gasteiger partial charge on any atom is 0.164 e. The Labute approximate surface area is 111 Å². The van der Waals surface area contributed by atoms with Crippen LogP contribution in [0.3, 0.4) is 0 Å². The minimum atomic E-state index is -0.957. The topological polar surface area (TPSA) is 38.7 Å². The molecule has 1 saturated carbocycles. The van der Waals surface area contributed by atoms with Crippen LogP contribution >= 0.6 is 0 Å². The average molecular weight is 272 g/mol. The summed E-state index contributed by atoms with van der Waals surface area (Å²) in [6.07, 6.45) is 3.41. The average Bonchev–Trinajstić information content (AvgIpc) is 2.43. The maximum atomic E-state index is 13.2. The molecule has 106 valence electrons. The van der Waals surface area contributed by atoms with Gasteiger partial charge in [-0.05, 0) is 31.6 Å². The summed E-state index contributed by atoms with van der Waals surface area (Å²) in [4.78, 5) is 0. The Balaban J connectivity index is 2.11. The van der Waals surface area contributed by atoms with E-state index < -0.39 is 11.6 Å². The van der Waals surface area contributed by atoms with Crippen LogP contribution in [0.1, 0.15) is 25.7 Å². The molecule has 5 heteroatoms. The molecule has 0 spiro atoms. The third kappa shape index (κ3) is 3.35. The second-order valence-corrected chi connectivity index (χ2v) is 4.87. The molecule has 0 aromatic heterocycles. The fourth-order valence-electron chi connectivity index (χ4n) is 2.46. The minimum absolute atomic E-state index is 0.0929. The fraction of sp³-hybridized carbons (Fsp3) is 0.571. The lowest BCUT2D eigenvalue weighted by atomic mass is 9.88. The zero-order valence-electron chi connectivity index (χ0n) is 10.9. The summed E-state index contributed by atoms with van der Waals surface area (Å²) in [6.45, 7) is 0.134. The molecule has 1 aliphatic carbocycles. The Morgan fingerprint density at radius 2 is 1.89 bits per heavy atom. The molecule has 1 aliphatic rings. The highest BCUT2D eigenvalue weighted by atomic mass is 19.2. The van der Waals surface area contributed by atoms with Crippen LogP contribution < -0.4 is 9.47 Å². The molecule has 1 aromatic rings. The lowest BCUT2D eigenvalue weighted by Gasteiger charge is -2.28. The molecule has 0 radical (unpaired) electrons. The van der Waals surface area contributed by atoms with Crippen LogP contribution in [0.5, 0.6) is 11.5 Å². The van der Waals surface area contributed by atoms with Crippen molar-refractivity contribution in [2.24, 2.45) is 5.92 Å². The number of benzene rings is 1. The molecule has 0 unspecified atom stereocenters. The van der Waals surface area contributed by atoms with Crippen molar-refractivity contribution >= 4 is 0 Å². The van der Waals surface area contributed by atoms with Gasteiger partial charge in [0.15, 0.2) is 23.1 Å². The van der Waals surface area contributed by atoms with E-state index >= 15 is 0 Å². The van der Waals surface area contributed by atoms with Gasteiger partial charge in [0.05, 0.1) is 13.2 Å². The second kappa shape index (κ2) is 6.19. The Kier molecular flexibility index (Phi) is 4.58. The fourth-order valence-corrected chi connectivity index (χ4v) is 2.46. The SMILES string of the molecule is COc1cc(F)c(F)cc1O[C@@H]1CCC[C@H](CO)C1. The zero-order chi connectivity index (χ0) is 13.8. The van der Waals surface area contributed by atoms with E-state index in [1.807, 2.05) is 0 Å². The van der Waals surface area contributed by atoms with Gasteiger partial charge in [-0.25, -0.2) is 8.78 Å². The van der Waals surface area contributed by atoms with Gasteiger partial charge in [0, 0.05) is 18.7 Å². The Hall–Kier alpha value is -1.36. The van der Waals surface area contributed by atoms with Gasteiger partial charge >= 0.3 is 0 Å². The Morgan fingerprint density at radius 3 is 2.53 bits per heavy atom. The van der Waals surface area contributed by atoms with Crippen LogP contribution in [0.2, 0.25) is 0 Å². The summed E-state index contributed by atoms with van der Waals surface area (Å²) in [7, 11) is 1.39. The standard InChI is InChI=1S/C14H18F2O3/c1-18-13-6-11(15)12(16)7-14(13)19-10-4-2-3-9(5-10)8-17/h6-7,9-10,17H,2-5,8H2,1H3/t9-,10+/m0/s1. The van der Waals surface area contributed by atoms with Gasteiger partial charge in [-0.2, -0.15) is 0 Å². The van der Waals surface area contributed by atoms with Crippen LogP contribution in [0.25, 0.3) is 0 Å². The highest BCUT2D eigenvalue weighted by molar-refractivity contribution is 5.40. The number of halogens is 2. The van der Waals surface area contributed by atoms with Crippen molar-refractivity contribution in [3.8, 4) is 11.5 Å². The summed E-state index contributed by atoms with van der Waals surface area (Å²) < 4.78 is 37.0. The van der Waals surface area contributed by atoms with Crippen LogP contribution in [-0.2, 0) is 0 Å². The predicted octanol–water partition coefficient (Wildman–Crippen LogP) is 2.90. The number of hydrogen-bond donors (Lipinski definition) is 1. The smallest absolute Gasteiger partial charge is 0.164 e. The minimum Gasteiger partial charge on any atom is -0.493 e. The molecular formula is C14H18F2O3. The van der Waals surface area contributed by atoms with E-state index in [0.29, 0.717) is 0 Å². The molecule has 0 bridgehead atoms. The van der Waals surface area contributed by atoms with Crippen molar-refractivity contribution < 1.29 is 23.4 Å². The predicted molar refractivity (Wildman–Crippen MR) is 66.4 cm³/mol. The van der Waals surface area contributed by atoms with E-state index in [1.165, 1.54) is 7.11 Å². The molecule has 0 saturated heterocycles. The largest absolute Gasteiger partial charge is 0.493 e. The molecule has 2 atom stereocenters. The lowest BCUT2D eigenvalue weighted by Crippen LogP contribution is -2.27. The first kappa shape index (κ1) is 14.1. The van der Waals surface area contributed by atoms with E-state index in [2.05, 4.69) is 0 Å². The molecule has 0 amide bonds. The zero-order valence-corrected chi connectivity index (χ0v) is 10.9. The number of aliphatic hydroxyl groups excluding tert-OH is 1. The van der Waals surface area contributed by atoms with E-state index in [-0.39, 0.29) is 30.1 Å². The second-order valence-electron chi connectivity index (χ2n) is 4.87. The van der Waals surface area contributed by atoms with Gasteiger partial charge in [0.1, 0.15) is 0 Å². The van der Waals surface area contributed by atoms with Gasteiger partial charge in [0.2, 0.25) is 0 Å². The molecule has 1 aromatic carbocycles. The summed E-state index contributed by atoms with van der Waals surface area (Å²) in [5.74, 6) is -1.29. The third-order valence-electron chi connectivity index (χ3n) is 3.49. The number of rotatable bonds is 4. The first-order valence-electron chi connectivity index (χ1n) is 6.44. The quantitative estimate of drug-likeness (QED) is 0.916. The molecule has 19 heavy (non-hydrogen) atoms. The normalized spacial score (nSPS) is 23.2. The summed E-state index contributed by atoms with van der Waals surface area (Å²) >= 11 is 0. The van der Waals surface area contributed by atoms with Crippen LogP contribution in [0.15, 0.2) is 12.1 Å². The van der Waals surface area contributed by atoms with Crippen molar-refractivity contribution in [2.45, 2.75) is 31.8 Å². The van der Waals surface area contributed by atoms with E-state index in [9.17, 15) is 8.78 Å². The molecule has 2 rings (SSSR count). The highest BCUT2D eigenvalue weighted by Crippen LogP contribution is 2.34. The van der Waals surface area contributed by atoms with Crippen LogP contribution in [-0.4, -0.2) is 24.9 Å². The third-order valence-corrected chi connectivity index (χ3v) is 3.49. The summed E-state index contributed by atoms with van der Waals surface area (Å²) in [6, 6.07) is 1.99. The van der Waals surface area contributed by atoms with Gasteiger partial charge in [-0.3, -0.25) is 0 Å². The van der Waals surface area contributed by atoms with Crippen LogP contribution in [0, 0.1) is 17.6 Å². The maximum absolute atomic E-state index is 13.2. The van der Waals surface area contributed by atoms with E-state index in [4.69, 9.17) is 14.6 Å². The number of methoxy groups -OCH3 is 1. The molecule has 1 N–H and O–H groups in total. The number of aliphatic hydroxyl groups is 1. The molecule has 1 fully saturated rings. The molecule has 0 aliphatic heterocycles. The van der Waals surface area contributed by atoms with E-state index in [1.54, 1.807) is 0 Å². The summed E-state index contributed by atoms with van der Waals surface area (Å²) in [5, 5.41) is 9.17. The highest BCUT2D eigenvalue weighted by Gasteiger charge is 2.24. The number of ether oxygens (including phenoxy) is 2. The molecular weight excluding hydrogens is 254 g/mol. The van der Waals surface area contributed by atoms with E-state index in [0.717, 1.165) is 37.8 Å². The molecule has 0 heterocycles. The van der Waals surface area contributed by atoms with Crippen molar-refractivity contribution in [3.63, 3.8) is 0 Å². The van der Waals surface area contributed by atoms with Gasteiger partial charge in [-0.1, -0.05) is 0 Å².